The molecule has 0 saturated carbocycles. The standard InChI is InChI=1S/C5H5ClN2O2/c6-4(9)3-8-5(10)1-2-7/h1,3H2,(H,8,10). The Morgan fingerprint density at radius 2 is 2.20 bits per heavy atom. The van der Waals surface area contributed by atoms with Crippen LogP contribution in [0.4, 0.5) is 0 Å². The number of rotatable bonds is 3. The van der Waals surface area contributed by atoms with Crippen molar-refractivity contribution in [3.05, 3.63) is 0 Å². The van der Waals surface area contributed by atoms with Gasteiger partial charge in [-0.1, -0.05) is 0 Å². The summed E-state index contributed by atoms with van der Waals surface area (Å²) in [6.07, 6.45) is -0.246. The minimum atomic E-state index is -0.647. The molecule has 0 spiro atoms. The zero-order valence-electron chi connectivity index (χ0n) is 5.06. The molecule has 10 heavy (non-hydrogen) atoms. The van der Waals surface area contributed by atoms with Gasteiger partial charge in [0.05, 0.1) is 12.6 Å². The van der Waals surface area contributed by atoms with Crippen LogP contribution in [0.5, 0.6) is 0 Å². The Balaban J connectivity index is 3.42. The third-order valence-electron chi connectivity index (χ3n) is 0.664. The maximum Gasteiger partial charge on any atom is 0.240 e. The van der Waals surface area contributed by atoms with Crippen LogP contribution in [0.2, 0.25) is 0 Å². The first-order chi connectivity index (χ1) is 4.66. The van der Waals surface area contributed by atoms with Crippen LogP contribution < -0.4 is 5.32 Å². The van der Waals surface area contributed by atoms with Gasteiger partial charge in [-0.15, -0.1) is 0 Å². The van der Waals surface area contributed by atoms with Crippen molar-refractivity contribution >= 4 is 22.8 Å². The molecule has 0 atom stereocenters. The highest BCUT2D eigenvalue weighted by atomic mass is 35.5. The summed E-state index contributed by atoms with van der Waals surface area (Å²) in [6, 6.07) is 1.62. The third-order valence-corrected chi connectivity index (χ3v) is 0.798. The molecule has 1 N–H and O–H groups in total. The molecule has 0 aromatic rings. The van der Waals surface area contributed by atoms with E-state index in [0.29, 0.717) is 0 Å². The van der Waals surface area contributed by atoms with Gasteiger partial charge in [-0.05, 0) is 11.6 Å². The quantitative estimate of drug-likeness (QED) is 0.581. The minimum Gasteiger partial charge on any atom is -0.347 e. The van der Waals surface area contributed by atoms with E-state index in [9.17, 15) is 9.59 Å². The van der Waals surface area contributed by atoms with Crippen LogP contribution in [0, 0.1) is 11.3 Å². The van der Waals surface area contributed by atoms with Gasteiger partial charge in [0.2, 0.25) is 11.1 Å². The molecule has 4 nitrogen and oxygen atoms in total. The Hall–Kier alpha value is -1.08. The second kappa shape index (κ2) is 4.77. The van der Waals surface area contributed by atoms with Gasteiger partial charge in [0.25, 0.3) is 0 Å². The van der Waals surface area contributed by atoms with Crippen molar-refractivity contribution < 1.29 is 9.59 Å². The average molecular weight is 161 g/mol. The predicted molar refractivity (Wildman–Crippen MR) is 34.1 cm³/mol. The molecule has 0 fully saturated rings. The fourth-order valence-corrected chi connectivity index (χ4v) is 0.369. The van der Waals surface area contributed by atoms with Crippen LogP contribution in [0.25, 0.3) is 0 Å². The van der Waals surface area contributed by atoms with Crippen molar-refractivity contribution in [3.63, 3.8) is 0 Å². The molecule has 0 heterocycles. The Labute approximate surface area is 62.8 Å². The zero-order valence-corrected chi connectivity index (χ0v) is 5.81. The van der Waals surface area contributed by atoms with E-state index in [0.717, 1.165) is 0 Å². The number of carbonyl (C=O) groups excluding carboxylic acids is 2. The third kappa shape index (κ3) is 5.06. The summed E-state index contributed by atoms with van der Waals surface area (Å²) >= 11 is 4.89. The molecule has 0 bridgehead atoms. The summed E-state index contributed by atoms with van der Waals surface area (Å²) in [5, 5.41) is 9.47. The summed E-state index contributed by atoms with van der Waals surface area (Å²) in [4.78, 5) is 20.4. The molecule has 0 rings (SSSR count). The fraction of sp³-hybridized carbons (Fsp3) is 0.400. The van der Waals surface area contributed by atoms with Crippen LogP contribution in [-0.2, 0) is 9.59 Å². The van der Waals surface area contributed by atoms with Gasteiger partial charge < -0.3 is 5.32 Å². The first-order valence-corrected chi connectivity index (χ1v) is 2.86. The van der Waals surface area contributed by atoms with Gasteiger partial charge in [0.15, 0.2) is 0 Å². The molecule has 0 saturated heterocycles. The molecular formula is C5H5ClN2O2. The molecule has 5 heteroatoms. The monoisotopic (exact) mass is 160 g/mol. The van der Waals surface area contributed by atoms with E-state index >= 15 is 0 Å². The lowest BCUT2D eigenvalue weighted by molar-refractivity contribution is -0.122. The van der Waals surface area contributed by atoms with Crippen LogP contribution in [0.1, 0.15) is 6.42 Å². The van der Waals surface area contributed by atoms with Gasteiger partial charge in [-0.3, -0.25) is 9.59 Å². The molecule has 54 valence electrons. The van der Waals surface area contributed by atoms with Crippen LogP contribution >= 0.6 is 11.6 Å². The number of nitrogens with zero attached hydrogens (tertiary/aromatic N) is 1. The van der Waals surface area contributed by atoms with E-state index in [4.69, 9.17) is 16.9 Å². The van der Waals surface area contributed by atoms with Crippen LogP contribution in [-0.4, -0.2) is 17.7 Å². The van der Waals surface area contributed by atoms with Crippen molar-refractivity contribution in [1.82, 2.24) is 5.32 Å². The SMILES string of the molecule is N#CCC(=O)NCC(=O)Cl. The van der Waals surface area contributed by atoms with E-state index in [1.54, 1.807) is 6.07 Å². The first kappa shape index (κ1) is 8.92. The van der Waals surface area contributed by atoms with Gasteiger partial charge in [0, 0.05) is 0 Å². The highest BCUT2D eigenvalue weighted by Gasteiger charge is 2.00. The van der Waals surface area contributed by atoms with E-state index in [1.807, 2.05) is 0 Å². The minimum absolute atomic E-state index is 0.220. The van der Waals surface area contributed by atoms with E-state index < -0.39 is 11.1 Å². The highest BCUT2D eigenvalue weighted by Crippen LogP contribution is 1.78. The number of nitrogens with one attached hydrogen (secondary N) is 1. The summed E-state index contributed by atoms with van der Waals surface area (Å²) in [6.45, 7) is -0.220. The largest absolute Gasteiger partial charge is 0.347 e. The topological polar surface area (TPSA) is 70.0 Å². The molecular weight excluding hydrogens is 156 g/mol. The second-order valence-corrected chi connectivity index (χ2v) is 1.89. The summed E-state index contributed by atoms with van der Waals surface area (Å²) < 4.78 is 0. The number of hydrogen-bond donors (Lipinski definition) is 1. The Morgan fingerprint density at radius 3 is 2.60 bits per heavy atom. The number of halogens is 1. The fourth-order valence-electron chi connectivity index (χ4n) is 0.302. The van der Waals surface area contributed by atoms with Gasteiger partial charge >= 0.3 is 0 Å². The first-order valence-electron chi connectivity index (χ1n) is 2.49. The van der Waals surface area contributed by atoms with Crippen molar-refractivity contribution in [3.8, 4) is 6.07 Å². The van der Waals surface area contributed by atoms with Crippen molar-refractivity contribution in [2.45, 2.75) is 6.42 Å². The Morgan fingerprint density at radius 1 is 1.60 bits per heavy atom. The Kier molecular flexibility index (Phi) is 4.25. The maximum atomic E-state index is 10.4. The van der Waals surface area contributed by atoms with Crippen molar-refractivity contribution in [2.75, 3.05) is 6.54 Å². The lowest BCUT2D eigenvalue weighted by Crippen LogP contribution is -2.26. The lowest BCUT2D eigenvalue weighted by atomic mass is 10.4. The van der Waals surface area contributed by atoms with E-state index in [1.165, 1.54) is 0 Å². The second-order valence-electron chi connectivity index (χ2n) is 1.47. The molecule has 0 aliphatic carbocycles. The van der Waals surface area contributed by atoms with Gasteiger partial charge in [-0.2, -0.15) is 5.26 Å². The van der Waals surface area contributed by atoms with Crippen LogP contribution in [0.3, 0.4) is 0 Å². The maximum absolute atomic E-state index is 10.4. The highest BCUT2D eigenvalue weighted by molar-refractivity contribution is 6.64. The van der Waals surface area contributed by atoms with Gasteiger partial charge in [0.1, 0.15) is 6.42 Å². The average Bonchev–Trinajstić information content (AvgIpc) is 1.85. The molecule has 0 aliphatic heterocycles. The van der Waals surface area contributed by atoms with Gasteiger partial charge in [-0.25, -0.2) is 0 Å². The lowest BCUT2D eigenvalue weighted by Gasteiger charge is -1.94. The van der Waals surface area contributed by atoms with Crippen LogP contribution in [0.15, 0.2) is 0 Å². The molecule has 0 aliphatic rings. The number of nitriles is 1. The zero-order chi connectivity index (χ0) is 7.98. The van der Waals surface area contributed by atoms with E-state index in [-0.39, 0.29) is 13.0 Å². The molecule has 0 unspecified atom stereocenters. The predicted octanol–water partition coefficient (Wildman–Crippen LogP) is -0.218. The molecule has 0 radical (unpaired) electrons. The normalized spacial score (nSPS) is 8.00. The number of hydrogen-bond acceptors (Lipinski definition) is 3. The van der Waals surface area contributed by atoms with E-state index in [2.05, 4.69) is 5.32 Å². The Bertz CT molecular complexity index is 185. The summed E-state index contributed by atoms with van der Waals surface area (Å²) in [5.74, 6) is -0.489. The number of amides is 1. The summed E-state index contributed by atoms with van der Waals surface area (Å²) in [5.41, 5.74) is 0. The molecule has 0 aromatic heterocycles. The van der Waals surface area contributed by atoms with Crippen molar-refractivity contribution in [2.24, 2.45) is 0 Å². The number of carbonyl (C=O) groups is 2. The molecule has 0 aromatic carbocycles. The van der Waals surface area contributed by atoms with Crippen molar-refractivity contribution in [1.29, 1.82) is 5.26 Å². The molecule has 1 amide bonds. The summed E-state index contributed by atoms with van der Waals surface area (Å²) in [7, 11) is 0. The smallest absolute Gasteiger partial charge is 0.240 e.